The molecular weight excluding hydrogens is 239 g/mol. The van der Waals surface area contributed by atoms with Gasteiger partial charge in [-0.1, -0.05) is 31.4 Å². The Morgan fingerprint density at radius 3 is 2.53 bits per heavy atom. The highest BCUT2D eigenvalue weighted by atomic mass is 19.1. The molecule has 1 aliphatic rings. The van der Waals surface area contributed by atoms with E-state index in [-0.39, 0.29) is 11.4 Å². The summed E-state index contributed by atoms with van der Waals surface area (Å²) in [4.78, 5) is 2.10. The summed E-state index contributed by atoms with van der Waals surface area (Å²) in [5.74, 6) is -0.140. The number of nitrogens with two attached hydrogens (primary N) is 1. The van der Waals surface area contributed by atoms with Gasteiger partial charge in [0.2, 0.25) is 0 Å². The smallest absolute Gasteiger partial charge is 0.146 e. The first-order valence-electron chi connectivity index (χ1n) is 7.43. The van der Waals surface area contributed by atoms with Gasteiger partial charge in [0.15, 0.2) is 0 Å². The van der Waals surface area contributed by atoms with Crippen molar-refractivity contribution in [2.24, 2.45) is 5.73 Å². The summed E-state index contributed by atoms with van der Waals surface area (Å²) in [7, 11) is 0. The van der Waals surface area contributed by atoms with Crippen LogP contribution in [0.3, 0.4) is 0 Å². The molecule has 2 N–H and O–H groups in total. The lowest BCUT2D eigenvalue weighted by Crippen LogP contribution is -2.44. The molecule has 2 nitrogen and oxygen atoms in total. The Morgan fingerprint density at radius 2 is 1.89 bits per heavy atom. The van der Waals surface area contributed by atoms with E-state index in [0.717, 1.165) is 32.4 Å². The molecule has 0 aliphatic heterocycles. The predicted molar refractivity (Wildman–Crippen MR) is 78.9 cm³/mol. The van der Waals surface area contributed by atoms with E-state index >= 15 is 0 Å². The molecule has 0 bridgehead atoms. The molecule has 0 aromatic heterocycles. The zero-order chi connectivity index (χ0) is 13.7. The number of halogens is 1. The number of hydrogen-bond acceptors (Lipinski definition) is 2. The number of nitrogens with zero attached hydrogens (tertiary/aromatic N) is 1. The van der Waals surface area contributed by atoms with Crippen LogP contribution in [0, 0.1) is 5.82 Å². The normalized spacial score (nSPS) is 18.3. The second kappa shape index (κ2) is 6.38. The molecule has 0 amide bonds. The molecular formula is C16H25FN2. The van der Waals surface area contributed by atoms with E-state index in [1.165, 1.54) is 25.3 Å². The van der Waals surface area contributed by atoms with Gasteiger partial charge in [0.1, 0.15) is 5.82 Å². The molecule has 1 aromatic rings. The SMILES string of the molecule is CCN(CCC1(N)CCCCC1)c1ccccc1F. The first kappa shape index (κ1) is 14.3. The third-order valence-corrected chi connectivity index (χ3v) is 4.30. The fraction of sp³-hybridized carbons (Fsp3) is 0.625. The lowest BCUT2D eigenvalue weighted by Gasteiger charge is -2.36. The topological polar surface area (TPSA) is 29.3 Å². The molecule has 0 atom stereocenters. The first-order valence-corrected chi connectivity index (χ1v) is 7.43. The average molecular weight is 264 g/mol. The van der Waals surface area contributed by atoms with Gasteiger partial charge in [-0.05, 0) is 38.3 Å². The third-order valence-electron chi connectivity index (χ3n) is 4.30. The minimum absolute atomic E-state index is 0.0308. The van der Waals surface area contributed by atoms with Crippen LogP contribution in [0.4, 0.5) is 10.1 Å². The molecule has 0 spiro atoms. The third kappa shape index (κ3) is 3.69. The minimum Gasteiger partial charge on any atom is -0.369 e. The van der Waals surface area contributed by atoms with Crippen molar-refractivity contribution >= 4 is 5.69 Å². The van der Waals surface area contributed by atoms with Gasteiger partial charge < -0.3 is 10.6 Å². The molecule has 1 aliphatic carbocycles. The summed E-state index contributed by atoms with van der Waals surface area (Å²) in [5.41, 5.74) is 7.13. The van der Waals surface area contributed by atoms with Crippen LogP contribution in [-0.4, -0.2) is 18.6 Å². The van der Waals surface area contributed by atoms with E-state index in [0.29, 0.717) is 5.69 Å². The predicted octanol–water partition coefficient (Wildman–Crippen LogP) is 3.70. The van der Waals surface area contributed by atoms with Crippen LogP contribution in [0.15, 0.2) is 24.3 Å². The Bertz CT molecular complexity index is 399. The first-order chi connectivity index (χ1) is 9.14. The van der Waals surface area contributed by atoms with Crippen molar-refractivity contribution in [1.82, 2.24) is 0 Å². The summed E-state index contributed by atoms with van der Waals surface area (Å²) >= 11 is 0. The molecule has 106 valence electrons. The highest BCUT2D eigenvalue weighted by Crippen LogP contribution is 2.29. The second-order valence-electron chi connectivity index (χ2n) is 5.70. The van der Waals surface area contributed by atoms with Crippen LogP contribution in [-0.2, 0) is 0 Å². The largest absolute Gasteiger partial charge is 0.369 e. The Balaban J connectivity index is 1.98. The maximum Gasteiger partial charge on any atom is 0.146 e. The summed E-state index contributed by atoms with van der Waals surface area (Å²) in [6.07, 6.45) is 6.97. The Labute approximate surface area is 115 Å². The van der Waals surface area contributed by atoms with Crippen molar-refractivity contribution in [2.45, 2.75) is 51.0 Å². The van der Waals surface area contributed by atoms with Crippen molar-refractivity contribution in [3.63, 3.8) is 0 Å². The molecule has 2 rings (SSSR count). The van der Waals surface area contributed by atoms with Gasteiger partial charge in [0, 0.05) is 18.6 Å². The molecule has 0 unspecified atom stereocenters. The summed E-state index contributed by atoms with van der Waals surface area (Å²) in [6.45, 7) is 3.72. The minimum atomic E-state index is -0.140. The van der Waals surface area contributed by atoms with Gasteiger partial charge in [0.05, 0.1) is 5.69 Å². The van der Waals surface area contributed by atoms with Gasteiger partial charge in [-0.2, -0.15) is 0 Å². The number of para-hydroxylation sites is 1. The maximum atomic E-state index is 13.8. The van der Waals surface area contributed by atoms with Crippen LogP contribution < -0.4 is 10.6 Å². The maximum absolute atomic E-state index is 13.8. The van der Waals surface area contributed by atoms with Crippen molar-refractivity contribution in [1.29, 1.82) is 0 Å². The molecule has 0 heterocycles. The second-order valence-corrected chi connectivity index (χ2v) is 5.70. The van der Waals surface area contributed by atoms with Crippen LogP contribution in [0.1, 0.15) is 45.4 Å². The summed E-state index contributed by atoms with van der Waals surface area (Å²) in [5, 5.41) is 0. The monoisotopic (exact) mass is 264 g/mol. The van der Waals surface area contributed by atoms with E-state index in [4.69, 9.17) is 5.73 Å². The van der Waals surface area contributed by atoms with Crippen LogP contribution in [0.2, 0.25) is 0 Å². The summed E-state index contributed by atoms with van der Waals surface area (Å²) < 4.78 is 13.8. The van der Waals surface area contributed by atoms with Crippen LogP contribution in [0.5, 0.6) is 0 Å². The molecule has 1 saturated carbocycles. The zero-order valence-electron chi connectivity index (χ0n) is 11.9. The van der Waals surface area contributed by atoms with Gasteiger partial charge in [-0.15, -0.1) is 0 Å². The van der Waals surface area contributed by atoms with E-state index < -0.39 is 0 Å². The highest BCUT2D eigenvalue weighted by Gasteiger charge is 2.27. The molecule has 0 saturated heterocycles. The lowest BCUT2D eigenvalue weighted by atomic mass is 9.80. The molecule has 3 heteroatoms. The van der Waals surface area contributed by atoms with E-state index in [9.17, 15) is 4.39 Å². The zero-order valence-corrected chi connectivity index (χ0v) is 11.9. The number of anilines is 1. The Morgan fingerprint density at radius 1 is 1.21 bits per heavy atom. The van der Waals surface area contributed by atoms with E-state index in [1.807, 2.05) is 12.1 Å². The van der Waals surface area contributed by atoms with Gasteiger partial charge in [-0.3, -0.25) is 0 Å². The van der Waals surface area contributed by atoms with Crippen molar-refractivity contribution in [3.05, 3.63) is 30.1 Å². The molecule has 19 heavy (non-hydrogen) atoms. The van der Waals surface area contributed by atoms with E-state index in [1.54, 1.807) is 6.07 Å². The number of rotatable bonds is 5. The van der Waals surface area contributed by atoms with Gasteiger partial charge in [0.25, 0.3) is 0 Å². The molecule has 1 fully saturated rings. The standard InChI is InChI=1S/C16H25FN2/c1-2-19(15-9-5-4-8-14(15)17)13-12-16(18)10-6-3-7-11-16/h4-5,8-9H,2-3,6-7,10-13,18H2,1H3. The number of hydrogen-bond donors (Lipinski definition) is 1. The molecule has 1 aromatic carbocycles. The van der Waals surface area contributed by atoms with E-state index in [2.05, 4.69) is 11.8 Å². The summed E-state index contributed by atoms with van der Waals surface area (Å²) in [6, 6.07) is 7.00. The van der Waals surface area contributed by atoms with Gasteiger partial charge in [-0.25, -0.2) is 4.39 Å². The molecule has 0 radical (unpaired) electrons. The van der Waals surface area contributed by atoms with Crippen LogP contribution in [0.25, 0.3) is 0 Å². The average Bonchev–Trinajstić information content (AvgIpc) is 2.42. The van der Waals surface area contributed by atoms with Crippen molar-refractivity contribution < 1.29 is 4.39 Å². The highest BCUT2D eigenvalue weighted by molar-refractivity contribution is 5.47. The Hall–Kier alpha value is -1.09. The van der Waals surface area contributed by atoms with Gasteiger partial charge >= 0.3 is 0 Å². The van der Waals surface area contributed by atoms with Crippen molar-refractivity contribution in [3.8, 4) is 0 Å². The fourth-order valence-corrected chi connectivity index (χ4v) is 3.02. The van der Waals surface area contributed by atoms with Crippen molar-refractivity contribution in [2.75, 3.05) is 18.0 Å². The number of benzene rings is 1. The van der Waals surface area contributed by atoms with Crippen LogP contribution >= 0.6 is 0 Å². The Kier molecular flexibility index (Phi) is 4.81. The fourth-order valence-electron chi connectivity index (χ4n) is 3.02. The lowest BCUT2D eigenvalue weighted by molar-refractivity contribution is 0.279. The quantitative estimate of drug-likeness (QED) is 0.878.